The zero-order chi connectivity index (χ0) is 13.1. The van der Waals surface area contributed by atoms with Crippen LogP contribution in [-0.2, 0) is 4.79 Å². The quantitative estimate of drug-likeness (QED) is 0.829. The fraction of sp³-hybridized carbons (Fsp3) is 0.933. The SMILES string of the molecule is O=C1C(CN2CCCC2)CCCN1C1CCNCC1. The van der Waals surface area contributed by atoms with Gasteiger partial charge in [0.2, 0.25) is 5.91 Å². The van der Waals surface area contributed by atoms with Crippen LogP contribution < -0.4 is 5.32 Å². The van der Waals surface area contributed by atoms with E-state index >= 15 is 0 Å². The molecule has 0 spiro atoms. The van der Waals surface area contributed by atoms with Crippen LogP contribution in [0.5, 0.6) is 0 Å². The van der Waals surface area contributed by atoms with Crippen molar-refractivity contribution >= 4 is 5.91 Å². The van der Waals surface area contributed by atoms with E-state index < -0.39 is 0 Å². The van der Waals surface area contributed by atoms with E-state index in [1.54, 1.807) is 0 Å². The molecule has 19 heavy (non-hydrogen) atoms. The summed E-state index contributed by atoms with van der Waals surface area (Å²) in [5.41, 5.74) is 0. The normalized spacial score (nSPS) is 31.1. The lowest BCUT2D eigenvalue weighted by Crippen LogP contribution is -2.52. The number of hydrogen-bond donors (Lipinski definition) is 1. The Morgan fingerprint density at radius 3 is 2.47 bits per heavy atom. The summed E-state index contributed by atoms with van der Waals surface area (Å²) in [5.74, 6) is 0.729. The minimum Gasteiger partial charge on any atom is -0.339 e. The number of nitrogens with one attached hydrogen (secondary N) is 1. The van der Waals surface area contributed by atoms with E-state index in [9.17, 15) is 4.79 Å². The summed E-state index contributed by atoms with van der Waals surface area (Å²) in [5, 5.41) is 3.39. The van der Waals surface area contributed by atoms with E-state index in [0.29, 0.717) is 11.9 Å². The third-order valence-electron chi connectivity index (χ3n) is 5.01. The molecule has 0 aromatic heterocycles. The molecule has 3 aliphatic heterocycles. The molecule has 0 bridgehead atoms. The van der Waals surface area contributed by atoms with E-state index in [-0.39, 0.29) is 5.92 Å². The summed E-state index contributed by atoms with van der Waals surface area (Å²) in [6.07, 6.45) is 7.23. The summed E-state index contributed by atoms with van der Waals surface area (Å²) in [6.45, 7) is 6.57. The lowest BCUT2D eigenvalue weighted by atomic mass is 9.93. The molecule has 3 heterocycles. The molecule has 3 saturated heterocycles. The van der Waals surface area contributed by atoms with Crippen LogP contribution in [0.4, 0.5) is 0 Å². The predicted octanol–water partition coefficient (Wildman–Crippen LogP) is 1.07. The molecular formula is C15H27N3O. The first kappa shape index (κ1) is 13.4. The molecule has 3 aliphatic rings. The number of nitrogens with zero attached hydrogens (tertiary/aromatic N) is 2. The van der Waals surface area contributed by atoms with Crippen LogP contribution in [0.1, 0.15) is 38.5 Å². The van der Waals surface area contributed by atoms with Crippen molar-refractivity contribution in [2.45, 2.75) is 44.6 Å². The molecule has 108 valence electrons. The van der Waals surface area contributed by atoms with Crippen LogP contribution in [0, 0.1) is 5.92 Å². The van der Waals surface area contributed by atoms with Crippen molar-refractivity contribution in [2.24, 2.45) is 5.92 Å². The molecule has 1 amide bonds. The number of piperidine rings is 2. The van der Waals surface area contributed by atoms with Gasteiger partial charge < -0.3 is 15.1 Å². The van der Waals surface area contributed by atoms with Crippen molar-refractivity contribution in [3.8, 4) is 0 Å². The average molecular weight is 265 g/mol. The van der Waals surface area contributed by atoms with Gasteiger partial charge in [0.15, 0.2) is 0 Å². The first-order valence-corrected chi connectivity index (χ1v) is 8.08. The minimum atomic E-state index is 0.279. The maximum absolute atomic E-state index is 12.7. The largest absolute Gasteiger partial charge is 0.339 e. The maximum Gasteiger partial charge on any atom is 0.227 e. The van der Waals surface area contributed by atoms with Crippen LogP contribution in [0.3, 0.4) is 0 Å². The molecule has 0 aliphatic carbocycles. The number of hydrogen-bond acceptors (Lipinski definition) is 3. The van der Waals surface area contributed by atoms with E-state index in [0.717, 1.165) is 45.4 Å². The Hall–Kier alpha value is -0.610. The van der Waals surface area contributed by atoms with Gasteiger partial charge >= 0.3 is 0 Å². The van der Waals surface area contributed by atoms with Crippen LogP contribution in [-0.4, -0.2) is 61.0 Å². The topological polar surface area (TPSA) is 35.6 Å². The van der Waals surface area contributed by atoms with E-state index in [4.69, 9.17) is 0 Å². The molecule has 1 atom stereocenters. The van der Waals surface area contributed by atoms with E-state index in [1.165, 1.54) is 32.4 Å². The second-order valence-corrected chi connectivity index (χ2v) is 6.36. The number of carbonyl (C=O) groups excluding carboxylic acids is 1. The zero-order valence-corrected chi connectivity index (χ0v) is 11.9. The first-order chi connectivity index (χ1) is 9.34. The van der Waals surface area contributed by atoms with Crippen molar-refractivity contribution in [1.82, 2.24) is 15.1 Å². The van der Waals surface area contributed by atoms with Gasteiger partial charge in [0, 0.05) is 19.1 Å². The first-order valence-electron chi connectivity index (χ1n) is 8.08. The molecule has 0 aromatic rings. The van der Waals surface area contributed by atoms with Crippen molar-refractivity contribution in [2.75, 3.05) is 39.3 Å². The van der Waals surface area contributed by atoms with Crippen molar-refractivity contribution in [3.05, 3.63) is 0 Å². The third kappa shape index (κ3) is 3.11. The summed E-state index contributed by atoms with van der Waals surface area (Å²) in [4.78, 5) is 17.4. The van der Waals surface area contributed by atoms with Crippen molar-refractivity contribution < 1.29 is 4.79 Å². The highest BCUT2D eigenvalue weighted by atomic mass is 16.2. The maximum atomic E-state index is 12.7. The Bertz CT molecular complexity index is 309. The van der Waals surface area contributed by atoms with Crippen LogP contribution in [0.2, 0.25) is 0 Å². The monoisotopic (exact) mass is 265 g/mol. The van der Waals surface area contributed by atoms with Crippen LogP contribution in [0.25, 0.3) is 0 Å². The number of likely N-dealkylation sites (tertiary alicyclic amines) is 2. The Labute approximate surface area is 116 Å². The molecule has 4 nitrogen and oxygen atoms in total. The van der Waals surface area contributed by atoms with E-state index in [1.807, 2.05) is 0 Å². The van der Waals surface area contributed by atoms with Crippen molar-refractivity contribution in [3.63, 3.8) is 0 Å². The van der Waals surface area contributed by atoms with Gasteiger partial charge in [0.25, 0.3) is 0 Å². The fourth-order valence-corrected chi connectivity index (χ4v) is 3.90. The number of carbonyl (C=O) groups is 1. The average Bonchev–Trinajstić information content (AvgIpc) is 2.95. The Morgan fingerprint density at radius 2 is 1.74 bits per heavy atom. The zero-order valence-electron chi connectivity index (χ0n) is 11.9. The summed E-state index contributed by atoms with van der Waals surface area (Å²) < 4.78 is 0. The van der Waals surface area contributed by atoms with Crippen LogP contribution in [0.15, 0.2) is 0 Å². The summed E-state index contributed by atoms with van der Waals surface area (Å²) in [7, 11) is 0. The van der Waals surface area contributed by atoms with Crippen LogP contribution >= 0.6 is 0 Å². The number of amides is 1. The smallest absolute Gasteiger partial charge is 0.227 e. The highest BCUT2D eigenvalue weighted by molar-refractivity contribution is 5.80. The predicted molar refractivity (Wildman–Crippen MR) is 76.0 cm³/mol. The van der Waals surface area contributed by atoms with Gasteiger partial charge in [-0.1, -0.05) is 0 Å². The van der Waals surface area contributed by atoms with Gasteiger partial charge in [0.05, 0.1) is 5.92 Å². The molecule has 1 N–H and O–H groups in total. The second-order valence-electron chi connectivity index (χ2n) is 6.36. The molecule has 3 rings (SSSR count). The number of rotatable bonds is 3. The van der Waals surface area contributed by atoms with Gasteiger partial charge in [0.1, 0.15) is 0 Å². The van der Waals surface area contributed by atoms with Gasteiger partial charge in [-0.15, -0.1) is 0 Å². The molecule has 1 unspecified atom stereocenters. The summed E-state index contributed by atoms with van der Waals surface area (Å²) >= 11 is 0. The Balaban J connectivity index is 1.58. The van der Waals surface area contributed by atoms with E-state index in [2.05, 4.69) is 15.1 Å². The molecule has 0 radical (unpaired) electrons. The molecule has 3 fully saturated rings. The highest BCUT2D eigenvalue weighted by Gasteiger charge is 2.34. The molecule has 4 heteroatoms. The fourth-order valence-electron chi connectivity index (χ4n) is 3.90. The standard InChI is InChI=1S/C15H27N3O/c19-15-13(12-17-9-1-2-10-17)4-3-11-18(15)14-5-7-16-8-6-14/h13-14,16H,1-12H2. The minimum absolute atomic E-state index is 0.279. The van der Waals surface area contributed by atoms with Gasteiger partial charge in [-0.05, 0) is 64.7 Å². The van der Waals surface area contributed by atoms with Gasteiger partial charge in [-0.25, -0.2) is 0 Å². The lowest BCUT2D eigenvalue weighted by molar-refractivity contribution is -0.142. The second kappa shape index (κ2) is 6.23. The summed E-state index contributed by atoms with van der Waals surface area (Å²) in [6, 6.07) is 0.509. The lowest BCUT2D eigenvalue weighted by Gasteiger charge is -2.40. The van der Waals surface area contributed by atoms with Gasteiger partial charge in [-0.3, -0.25) is 4.79 Å². The van der Waals surface area contributed by atoms with Gasteiger partial charge in [-0.2, -0.15) is 0 Å². The molecular weight excluding hydrogens is 238 g/mol. The third-order valence-corrected chi connectivity index (χ3v) is 5.01. The van der Waals surface area contributed by atoms with Crippen molar-refractivity contribution in [1.29, 1.82) is 0 Å². The molecule has 0 saturated carbocycles. The molecule has 0 aromatic carbocycles. The Morgan fingerprint density at radius 1 is 1.00 bits per heavy atom. The highest BCUT2D eigenvalue weighted by Crippen LogP contribution is 2.25. The Kier molecular flexibility index (Phi) is 4.38.